The van der Waals surface area contributed by atoms with Gasteiger partial charge in [0.15, 0.2) is 5.82 Å². The van der Waals surface area contributed by atoms with Gasteiger partial charge in [-0.3, -0.25) is 10.1 Å². The largest absolute Gasteiger partial charge is 0.486 e. The number of nitrogens with one attached hydrogen (secondary N) is 2. The first-order chi connectivity index (χ1) is 16.1. The third kappa shape index (κ3) is 3.77. The zero-order chi connectivity index (χ0) is 22.5. The van der Waals surface area contributed by atoms with Crippen LogP contribution in [0.4, 0.5) is 0 Å². The number of imidazole rings is 1. The summed E-state index contributed by atoms with van der Waals surface area (Å²) in [6.45, 7) is 5.67. The summed E-state index contributed by atoms with van der Waals surface area (Å²) in [6, 6.07) is 5.82. The van der Waals surface area contributed by atoms with Crippen LogP contribution in [0.2, 0.25) is 10.0 Å². The van der Waals surface area contributed by atoms with Crippen LogP contribution in [0, 0.1) is 6.42 Å². The van der Waals surface area contributed by atoms with Crippen molar-refractivity contribution < 1.29 is 4.74 Å². The Morgan fingerprint density at radius 3 is 2.73 bits per heavy atom. The van der Waals surface area contributed by atoms with Gasteiger partial charge in [0, 0.05) is 36.4 Å². The van der Waals surface area contributed by atoms with Crippen LogP contribution in [-0.2, 0) is 13.1 Å². The molecule has 1 atom stereocenters. The Morgan fingerprint density at radius 1 is 1.12 bits per heavy atom. The number of halogens is 2. The molecule has 33 heavy (non-hydrogen) atoms. The molecule has 0 amide bonds. The van der Waals surface area contributed by atoms with E-state index in [1.807, 2.05) is 25.1 Å². The van der Waals surface area contributed by atoms with Crippen molar-refractivity contribution >= 4 is 34.1 Å². The SMILES string of the molecule is C[C@@H](Oc1ccc2[nH]nc(-c3nc4c([nH]3)CN(N3C[CH]CC3)C4)c2c1)c1c(Cl)cncc1Cl. The molecule has 0 spiro atoms. The molecule has 5 heterocycles. The van der Waals surface area contributed by atoms with E-state index in [1.54, 1.807) is 12.4 Å². The molecule has 1 aromatic carbocycles. The molecular weight excluding hydrogens is 461 g/mol. The van der Waals surface area contributed by atoms with Gasteiger partial charge in [0.05, 0.1) is 40.0 Å². The van der Waals surface area contributed by atoms with E-state index < -0.39 is 0 Å². The highest BCUT2D eigenvalue weighted by Gasteiger charge is 2.30. The van der Waals surface area contributed by atoms with Crippen LogP contribution in [-0.4, -0.2) is 48.3 Å². The molecule has 3 aromatic heterocycles. The van der Waals surface area contributed by atoms with Gasteiger partial charge >= 0.3 is 0 Å². The molecule has 4 aromatic rings. The monoisotopic (exact) mass is 482 g/mol. The predicted octanol–water partition coefficient (Wildman–Crippen LogP) is 4.94. The van der Waals surface area contributed by atoms with Crippen molar-refractivity contribution in [3.63, 3.8) is 0 Å². The van der Waals surface area contributed by atoms with Gasteiger partial charge in [-0.15, -0.1) is 0 Å². The van der Waals surface area contributed by atoms with Crippen molar-refractivity contribution in [2.75, 3.05) is 13.1 Å². The average molecular weight is 483 g/mol. The number of H-pyrrole nitrogens is 2. The minimum atomic E-state index is -0.345. The van der Waals surface area contributed by atoms with E-state index in [2.05, 4.69) is 36.6 Å². The summed E-state index contributed by atoms with van der Waals surface area (Å²) >= 11 is 12.6. The van der Waals surface area contributed by atoms with Crippen LogP contribution in [0.25, 0.3) is 22.4 Å². The Kier molecular flexibility index (Phi) is 5.25. The van der Waals surface area contributed by atoms with Crippen LogP contribution in [0.15, 0.2) is 30.6 Å². The summed E-state index contributed by atoms with van der Waals surface area (Å²) in [4.78, 5) is 12.4. The topological polar surface area (TPSA) is 86.0 Å². The smallest absolute Gasteiger partial charge is 0.159 e. The number of rotatable bonds is 5. The third-order valence-corrected chi connectivity index (χ3v) is 6.84. The fourth-order valence-electron chi connectivity index (χ4n) is 4.58. The molecule has 1 radical (unpaired) electrons. The number of fused-ring (bicyclic) bond motifs is 2. The van der Waals surface area contributed by atoms with Gasteiger partial charge in [-0.2, -0.15) is 5.10 Å². The molecule has 169 valence electrons. The zero-order valence-corrected chi connectivity index (χ0v) is 19.5. The summed E-state index contributed by atoms with van der Waals surface area (Å²) < 4.78 is 6.18. The van der Waals surface area contributed by atoms with E-state index in [0.717, 1.165) is 66.4 Å². The molecule has 6 rings (SSSR count). The lowest BCUT2D eigenvalue weighted by atomic mass is 10.1. The Balaban J connectivity index is 1.26. The maximum atomic E-state index is 6.30. The van der Waals surface area contributed by atoms with Crippen molar-refractivity contribution in [2.24, 2.45) is 0 Å². The molecule has 10 heteroatoms. The van der Waals surface area contributed by atoms with Crippen molar-refractivity contribution in [3.8, 4) is 17.3 Å². The summed E-state index contributed by atoms with van der Waals surface area (Å²) in [5, 5.41) is 14.2. The maximum Gasteiger partial charge on any atom is 0.159 e. The van der Waals surface area contributed by atoms with E-state index in [0.29, 0.717) is 21.4 Å². The van der Waals surface area contributed by atoms with Crippen LogP contribution in [0.3, 0.4) is 0 Å². The van der Waals surface area contributed by atoms with Gasteiger partial charge in [-0.1, -0.05) is 23.2 Å². The second-order valence-corrected chi connectivity index (χ2v) is 9.19. The lowest BCUT2D eigenvalue weighted by Gasteiger charge is -2.26. The number of hydrazine groups is 1. The molecule has 2 N–H and O–H groups in total. The number of nitrogens with zero attached hydrogens (tertiary/aromatic N) is 5. The fourth-order valence-corrected chi connectivity index (χ4v) is 5.25. The molecule has 1 saturated heterocycles. The molecule has 0 unspecified atom stereocenters. The van der Waals surface area contributed by atoms with Gasteiger partial charge in [-0.25, -0.2) is 15.0 Å². The molecule has 2 aliphatic heterocycles. The third-order valence-electron chi connectivity index (χ3n) is 6.24. The number of benzene rings is 1. The zero-order valence-electron chi connectivity index (χ0n) is 18.0. The Labute approximate surface area is 200 Å². The van der Waals surface area contributed by atoms with E-state index in [-0.39, 0.29) is 6.10 Å². The Morgan fingerprint density at radius 2 is 1.97 bits per heavy atom. The number of hydrogen-bond donors (Lipinski definition) is 2. The van der Waals surface area contributed by atoms with Crippen LogP contribution < -0.4 is 4.74 Å². The van der Waals surface area contributed by atoms with Crippen LogP contribution in [0.1, 0.15) is 36.4 Å². The summed E-state index contributed by atoms with van der Waals surface area (Å²) in [6.07, 6.45) is 6.25. The van der Waals surface area contributed by atoms with Gasteiger partial charge in [-0.05, 0) is 38.0 Å². The van der Waals surface area contributed by atoms with E-state index in [9.17, 15) is 0 Å². The van der Waals surface area contributed by atoms with Crippen LogP contribution in [0.5, 0.6) is 5.75 Å². The normalized spacial score (nSPS) is 17.7. The Hall–Kier alpha value is -2.65. The van der Waals surface area contributed by atoms with Gasteiger partial charge in [0.2, 0.25) is 0 Å². The number of ether oxygens (including phenoxy) is 1. The highest BCUT2D eigenvalue weighted by atomic mass is 35.5. The molecule has 1 fully saturated rings. The highest BCUT2D eigenvalue weighted by Crippen LogP contribution is 2.35. The van der Waals surface area contributed by atoms with E-state index in [4.69, 9.17) is 32.9 Å². The molecule has 0 aliphatic carbocycles. The molecule has 2 aliphatic rings. The fraction of sp³-hybridized carbons (Fsp3) is 0.304. The van der Waals surface area contributed by atoms with Crippen molar-refractivity contribution in [3.05, 3.63) is 64.0 Å². The lowest BCUT2D eigenvalue weighted by Crippen LogP contribution is -2.36. The predicted molar refractivity (Wildman–Crippen MR) is 127 cm³/mol. The van der Waals surface area contributed by atoms with Gasteiger partial charge < -0.3 is 9.72 Å². The number of aromatic nitrogens is 5. The van der Waals surface area contributed by atoms with Crippen molar-refractivity contribution in [1.82, 2.24) is 35.2 Å². The number of hydrogen-bond acceptors (Lipinski definition) is 6. The Bertz CT molecular complexity index is 1280. The van der Waals surface area contributed by atoms with Gasteiger partial charge in [0.1, 0.15) is 17.5 Å². The summed E-state index contributed by atoms with van der Waals surface area (Å²) in [7, 11) is 0. The van der Waals surface area contributed by atoms with Crippen LogP contribution >= 0.6 is 23.2 Å². The lowest BCUT2D eigenvalue weighted by molar-refractivity contribution is -0.00697. The molecule has 0 saturated carbocycles. The standard InChI is InChI=1S/C23H22Cl2N7O/c1-13(21-16(24)9-26-10-17(21)25)33-14-4-5-18-15(8-14)22(30-29-18)23-27-19-11-32(12-20(19)28-23)31-6-2-3-7-31/h2,4-5,8-10,13H,3,6-7,11-12H2,1H3,(H,27,28)(H,29,30)/t13-/m1/s1. The minimum Gasteiger partial charge on any atom is -0.486 e. The van der Waals surface area contributed by atoms with Crippen molar-refractivity contribution in [2.45, 2.75) is 32.5 Å². The second-order valence-electron chi connectivity index (χ2n) is 8.38. The van der Waals surface area contributed by atoms with Gasteiger partial charge in [0.25, 0.3) is 0 Å². The van der Waals surface area contributed by atoms with Crippen molar-refractivity contribution in [1.29, 1.82) is 0 Å². The average Bonchev–Trinajstić information content (AvgIpc) is 3.55. The molecule has 0 bridgehead atoms. The number of aromatic amines is 2. The quantitative estimate of drug-likeness (QED) is 0.419. The maximum absolute atomic E-state index is 6.30. The molecular formula is C23H22Cl2N7O. The second kappa shape index (κ2) is 8.29. The summed E-state index contributed by atoms with van der Waals surface area (Å²) in [5.74, 6) is 1.46. The summed E-state index contributed by atoms with van der Waals surface area (Å²) in [5.41, 5.74) is 4.63. The van der Waals surface area contributed by atoms with E-state index >= 15 is 0 Å². The first-order valence-electron chi connectivity index (χ1n) is 10.9. The minimum absolute atomic E-state index is 0.345. The highest BCUT2D eigenvalue weighted by molar-refractivity contribution is 6.35. The number of pyridine rings is 1. The molecule has 8 nitrogen and oxygen atoms in total. The first kappa shape index (κ1) is 20.9. The van der Waals surface area contributed by atoms with E-state index in [1.165, 1.54) is 0 Å². The first-order valence-corrected chi connectivity index (χ1v) is 11.7.